The zero-order chi connectivity index (χ0) is 21.1. The van der Waals surface area contributed by atoms with Crippen LogP contribution in [-0.2, 0) is 4.74 Å². The minimum absolute atomic E-state index is 0.0800. The third kappa shape index (κ3) is 3.38. The molecule has 7 heteroatoms. The predicted molar refractivity (Wildman–Crippen MR) is 114 cm³/mol. The standard InChI is InChI=1S/C23H23N3O4/c1-2-29-23(28)17-13-30-22-16-6-4-3-5-15(16)21(27)19(18(17)22)20(26-12-9-24)14-7-10-25-11-8-14/h3-8,10-11,13,20,26-27H,2,9,12,24H2,1H3. The molecule has 2 aromatic carbocycles. The van der Waals surface area contributed by atoms with Crippen LogP contribution in [0.15, 0.2) is 59.5 Å². The van der Waals surface area contributed by atoms with E-state index in [4.69, 9.17) is 14.9 Å². The summed E-state index contributed by atoms with van der Waals surface area (Å²) in [7, 11) is 0. The Balaban J connectivity index is 2.07. The number of carbonyl (C=O) groups is 1. The van der Waals surface area contributed by atoms with Gasteiger partial charge in [-0.05, 0) is 24.6 Å². The number of nitrogens with one attached hydrogen (secondary N) is 1. The van der Waals surface area contributed by atoms with E-state index < -0.39 is 12.0 Å². The van der Waals surface area contributed by atoms with Crippen molar-refractivity contribution in [2.45, 2.75) is 13.0 Å². The van der Waals surface area contributed by atoms with E-state index in [1.807, 2.05) is 36.4 Å². The van der Waals surface area contributed by atoms with Gasteiger partial charge in [0.1, 0.15) is 23.2 Å². The predicted octanol–water partition coefficient (Wildman–Crippen LogP) is 3.50. The number of esters is 1. The number of rotatable bonds is 7. The first-order valence-corrected chi connectivity index (χ1v) is 9.82. The van der Waals surface area contributed by atoms with Gasteiger partial charge in [-0.3, -0.25) is 4.98 Å². The topological polar surface area (TPSA) is 111 Å². The Kier molecular flexibility index (Phi) is 5.65. The molecule has 0 saturated heterocycles. The molecule has 1 atom stereocenters. The lowest BCUT2D eigenvalue weighted by atomic mass is 9.90. The molecule has 30 heavy (non-hydrogen) atoms. The van der Waals surface area contributed by atoms with E-state index in [1.54, 1.807) is 19.3 Å². The van der Waals surface area contributed by atoms with Crippen LogP contribution in [0.25, 0.3) is 21.7 Å². The second kappa shape index (κ2) is 8.52. The maximum Gasteiger partial charge on any atom is 0.342 e. The van der Waals surface area contributed by atoms with Gasteiger partial charge >= 0.3 is 5.97 Å². The molecule has 0 bridgehead atoms. The highest BCUT2D eigenvalue weighted by Crippen LogP contribution is 2.44. The molecule has 0 aliphatic rings. The van der Waals surface area contributed by atoms with Crippen LogP contribution in [0.5, 0.6) is 5.75 Å². The third-order valence-electron chi connectivity index (χ3n) is 5.06. The first-order chi connectivity index (χ1) is 14.7. The molecule has 0 aliphatic carbocycles. The monoisotopic (exact) mass is 405 g/mol. The number of fused-ring (bicyclic) bond motifs is 3. The molecule has 0 radical (unpaired) electrons. The minimum atomic E-state index is -0.500. The average Bonchev–Trinajstić information content (AvgIpc) is 3.22. The van der Waals surface area contributed by atoms with Crippen LogP contribution in [0, 0.1) is 0 Å². The number of carbonyl (C=O) groups excluding carboxylic acids is 1. The van der Waals surface area contributed by atoms with Crippen molar-refractivity contribution in [2.24, 2.45) is 5.73 Å². The third-order valence-corrected chi connectivity index (χ3v) is 5.06. The fraction of sp³-hybridized carbons (Fsp3) is 0.217. The number of benzene rings is 2. The number of hydrogen-bond acceptors (Lipinski definition) is 7. The molecule has 0 spiro atoms. The second-order valence-corrected chi connectivity index (χ2v) is 6.84. The van der Waals surface area contributed by atoms with Gasteiger partial charge in [-0.15, -0.1) is 0 Å². The lowest BCUT2D eigenvalue weighted by Crippen LogP contribution is -2.28. The van der Waals surface area contributed by atoms with Crippen molar-refractivity contribution >= 4 is 27.7 Å². The number of pyridine rings is 1. The zero-order valence-electron chi connectivity index (χ0n) is 16.6. The van der Waals surface area contributed by atoms with E-state index in [0.29, 0.717) is 35.0 Å². The van der Waals surface area contributed by atoms with Gasteiger partial charge in [-0.25, -0.2) is 4.79 Å². The van der Waals surface area contributed by atoms with Crippen molar-refractivity contribution in [3.05, 3.63) is 71.7 Å². The summed E-state index contributed by atoms with van der Waals surface area (Å²) in [5.41, 5.74) is 7.96. The van der Waals surface area contributed by atoms with Gasteiger partial charge in [0.25, 0.3) is 0 Å². The van der Waals surface area contributed by atoms with Crippen molar-refractivity contribution in [2.75, 3.05) is 19.7 Å². The summed E-state index contributed by atoms with van der Waals surface area (Å²) < 4.78 is 11.1. The van der Waals surface area contributed by atoms with E-state index in [2.05, 4.69) is 10.3 Å². The van der Waals surface area contributed by atoms with Crippen molar-refractivity contribution in [3.63, 3.8) is 0 Å². The molecule has 4 N–H and O–H groups in total. The number of aromatic hydroxyl groups is 1. The molecular formula is C23H23N3O4. The number of phenolic OH excluding ortho intramolecular Hbond substituents is 1. The first kappa shape index (κ1) is 19.9. The summed E-state index contributed by atoms with van der Waals surface area (Å²) >= 11 is 0. The molecule has 1 unspecified atom stereocenters. The number of aromatic nitrogens is 1. The maximum atomic E-state index is 12.7. The van der Waals surface area contributed by atoms with Gasteiger partial charge < -0.3 is 25.3 Å². The smallest absolute Gasteiger partial charge is 0.342 e. The van der Waals surface area contributed by atoms with Crippen LogP contribution in [0.3, 0.4) is 0 Å². The van der Waals surface area contributed by atoms with Crippen molar-refractivity contribution in [1.82, 2.24) is 10.3 Å². The Labute approximate surface area is 173 Å². The molecular weight excluding hydrogens is 382 g/mol. The van der Waals surface area contributed by atoms with Crippen molar-refractivity contribution < 1.29 is 19.1 Å². The summed E-state index contributed by atoms with van der Waals surface area (Å²) in [5.74, 6) is -0.420. The number of hydrogen-bond donors (Lipinski definition) is 3. The van der Waals surface area contributed by atoms with Gasteiger partial charge in [0.15, 0.2) is 0 Å². The fourth-order valence-electron chi connectivity index (χ4n) is 3.78. The Morgan fingerprint density at radius 1 is 1.23 bits per heavy atom. The molecule has 2 aromatic heterocycles. The summed E-state index contributed by atoms with van der Waals surface area (Å²) in [6, 6.07) is 10.7. The maximum absolute atomic E-state index is 12.7. The van der Waals surface area contributed by atoms with Gasteiger partial charge in [0, 0.05) is 47.2 Å². The summed E-state index contributed by atoms with van der Waals surface area (Å²) in [4.78, 5) is 16.8. The number of ether oxygens (including phenoxy) is 1. The van der Waals surface area contributed by atoms with E-state index >= 15 is 0 Å². The Morgan fingerprint density at radius 2 is 1.97 bits per heavy atom. The Morgan fingerprint density at radius 3 is 2.67 bits per heavy atom. The van der Waals surface area contributed by atoms with Crippen molar-refractivity contribution in [1.29, 1.82) is 0 Å². The van der Waals surface area contributed by atoms with Gasteiger partial charge in [-0.1, -0.05) is 24.3 Å². The highest BCUT2D eigenvalue weighted by atomic mass is 16.5. The fourth-order valence-corrected chi connectivity index (χ4v) is 3.78. The van der Waals surface area contributed by atoms with Crippen LogP contribution in [-0.4, -0.2) is 35.8 Å². The number of phenols is 1. The highest BCUT2D eigenvalue weighted by Gasteiger charge is 2.28. The van der Waals surface area contributed by atoms with Crippen LogP contribution in [0.4, 0.5) is 0 Å². The van der Waals surface area contributed by atoms with Crippen LogP contribution in [0.1, 0.15) is 34.5 Å². The number of nitrogens with zero attached hydrogens (tertiary/aromatic N) is 1. The zero-order valence-corrected chi connectivity index (χ0v) is 16.6. The van der Waals surface area contributed by atoms with E-state index in [9.17, 15) is 9.90 Å². The van der Waals surface area contributed by atoms with Gasteiger partial charge in [0.2, 0.25) is 0 Å². The summed E-state index contributed by atoms with van der Waals surface area (Å²) in [5, 5.41) is 16.6. The molecule has 0 aliphatic heterocycles. The molecule has 0 fully saturated rings. The molecule has 2 heterocycles. The lowest BCUT2D eigenvalue weighted by molar-refractivity contribution is 0.0527. The van der Waals surface area contributed by atoms with E-state index in [-0.39, 0.29) is 17.9 Å². The van der Waals surface area contributed by atoms with Gasteiger partial charge in [-0.2, -0.15) is 0 Å². The molecule has 7 nitrogen and oxygen atoms in total. The normalized spacial score (nSPS) is 12.3. The molecule has 4 rings (SSSR count). The summed E-state index contributed by atoms with van der Waals surface area (Å²) in [6.45, 7) is 2.90. The van der Waals surface area contributed by atoms with E-state index in [0.717, 1.165) is 10.9 Å². The van der Waals surface area contributed by atoms with E-state index in [1.165, 1.54) is 6.26 Å². The van der Waals surface area contributed by atoms with Crippen molar-refractivity contribution in [3.8, 4) is 5.75 Å². The Hall–Kier alpha value is -3.42. The van der Waals surface area contributed by atoms with Crippen LogP contribution >= 0.6 is 0 Å². The summed E-state index contributed by atoms with van der Waals surface area (Å²) in [6.07, 6.45) is 4.76. The quantitative estimate of drug-likeness (QED) is 0.404. The second-order valence-electron chi connectivity index (χ2n) is 6.84. The molecule has 0 saturated carbocycles. The Bertz CT molecular complexity index is 1190. The van der Waals surface area contributed by atoms with Gasteiger partial charge in [0.05, 0.1) is 12.6 Å². The minimum Gasteiger partial charge on any atom is -0.507 e. The molecule has 4 aromatic rings. The average molecular weight is 405 g/mol. The van der Waals surface area contributed by atoms with Crippen LogP contribution < -0.4 is 11.1 Å². The number of nitrogens with two attached hydrogens (primary N) is 1. The largest absolute Gasteiger partial charge is 0.507 e. The lowest BCUT2D eigenvalue weighted by Gasteiger charge is -2.22. The molecule has 154 valence electrons. The number of furan rings is 1. The SMILES string of the molecule is CCOC(=O)c1coc2c1c(C(NCCN)c1ccncc1)c(O)c1ccccc12. The van der Waals surface area contributed by atoms with Crippen LogP contribution in [0.2, 0.25) is 0 Å². The highest BCUT2D eigenvalue weighted by molar-refractivity contribution is 6.16. The first-order valence-electron chi connectivity index (χ1n) is 9.82. The molecule has 0 amide bonds.